The number of carbonyl (C=O) groups is 1. The van der Waals surface area contributed by atoms with Crippen LogP contribution < -0.4 is 5.32 Å². The van der Waals surface area contributed by atoms with Gasteiger partial charge in [-0.25, -0.2) is 4.98 Å². The molecule has 0 unspecified atom stereocenters. The molecule has 19 heavy (non-hydrogen) atoms. The average Bonchev–Trinajstić information content (AvgIpc) is 2.40. The summed E-state index contributed by atoms with van der Waals surface area (Å²) >= 11 is 0. The number of pyridine rings is 1. The maximum atomic E-state index is 11.1. The molecule has 1 N–H and O–H groups in total. The fourth-order valence-corrected chi connectivity index (χ4v) is 1.95. The Morgan fingerprint density at radius 2 is 1.79 bits per heavy atom. The van der Waals surface area contributed by atoms with Crippen LogP contribution in [0.5, 0.6) is 0 Å². The molecule has 98 valence electrons. The molecule has 0 spiro atoms. The van der Waals surface area contributed by atoms with Crippen molar-refractivity contribution in [3.63, 3.8) is 0 Å². The zero-order valence-electron chi connectivity index (χ0n) is 11.3. The molecule has 0 bridgehead atoms. The molecule has 0 amide bonds. The van der Waals surface area contributed by atoms with Crippen LogP contribution >= 0.6 is 0 Å². The third kappa shape index (κ3) is 3.65. The summed E-state index contributed by atoms with van der Waals surface area (Å²) in [5.41, 5.74) is 3.24. The second-order valence-corrected chi connectivity index (χ2v) is 4.54. The van der Waals surface area contributed by atoms with Crippen molar-refractivity contribution in [3.8, 4) is 11.1 Å². The van der Waals surface area contributed by atoms with Crippen molar-refractivity contribution in [2.24, 2.45) is 0 Å². The number of hydrogen-bond donors (Lipinski definition) is 1. The van der Waals surface area contributed by atoms with Gasteiger partial charge < -0.3 is 5.32 Å². The molecule has 2 rings (SSSR count). The summed E-state index contributed by atoms with van der Waals surface area (Å²) in [6.45, 7) is 4.52. The largest absolute Gasteiger partial charge is 0.370 e. The monoisotopic (exact) mass is 254 g/mol. The third-order valence-electron chi connectivity index (χ3n) is 2.86. The van der Waals surface area contributed by atoms with E-state index in [-0.39, 0.29) is 5.78 Å². The first kappa shape index (κ1) is 13.3. The summed E-state index contributed by atoms with van der Waals surface area (Å²) in [5.74, 6) is 1.07. The van der Waals surface area contributed by atoms with Crippen LogP contribution in [-0.4, -0.2) is 17.3 Å². The van der Waals surface area contributed by atoms with Crippen LogP contribution in [0.2, 0.25) is 0 Å². The maximum Gasteiger partial charge on any atom is 0.134 e. The van der Waals surface area contributed by atoms with Crippen LogP contribution in [0.25, 0.3) is 11.1 Å². The summed E-state index contributed by atoms with van der Waals surface area (Å²) in [6, 6.07) is 12.1. The van der Waals surface area contributed by atoms with E-state index in [0.717, 1.165) is 29.1 Å². The van der Waals surface area contributed by atoms with Crippen LogP contribution in [0.15, 0.2) is 42.6 Å². The Labute approximate surface area is 113 Å². The fraction of sp³-hybridized carbons (Fsp3) is 0.250. The highest BCUT2D eigenvalue weighted by molar-refractivity contribution is 5.78. The Hall–Kier alpha value is -2.16. The van der Waals surface area contributed by atoms with Gasteiger partial charge in [0, 0.05) is 24.7 Å². The summed E-state index contributed by atoms with van der Waals surface area (Å²) in [4.78, 5) is 15.4. The smallest absolute Gasteiger partial charge is 0.134 e. The first-order valence-electron chi connectivity index (χ1n) is 6.47. The molecule has 0 aliphatic rings. The minimum Gasteiger partial charge on any atom is -0.370 e. The average molecular weight is 254 g/mol. The van der Waals surface area contributed by atoms with Crippen molar-refractivity contribution in [2.45, 2.75) is 20.3 Å². The Kier molecular flexibility index (Phi) is 4.29. The van der Waals surface area contributed by atoms with Gasteiger partial charge in [0.15, 0.2) is 0 Å². The lowest BCUT2D eigenvalue weighted by Crippen LogP contribution is -1.98. The Morgan fingerprint density at radius 1 is 1.11 bits per heavy atom. The van der Waals surface area contributed by atoms with E-state index in [2.05, 4.69) is 10.3 Å². The summed E-state index contributed by atoms with van der Waals surface area (Å²) in [7, 11) is 0. The van der Waals surface area contributed by atoms with Crippen molar-refractivity contribution in [2.75, 3.05) is 11.9 Å². The third-order valence-corrected chi connectivity index (χ3v) is 2.86. The van der Waals surface area contributed by atoms with E-state index in [9.17, 15) is 4.79 Å². The van der Waals surface area contributed by atoms with Gasteiger partial charge in [-0.1, -0.05) is 24.3 Å². The topological polar surface area (TPSA) is 42.0 Å². The van der Waals surface area contributed by atoms with Gasteiger partial charge in [-0.3, -0.25) is 4.79 Å². The van der Waals surface area contributed by atoms with Crippen LogP contribution in [0.3, 0.4) is 0 Å². The number of anilines is 1. The van der Waals surface area contributed by atoms with E-state index >= 15 is 0 Å². The molecule has 3 heteroatoms. The molecule has 1 heterocycles. The second-order valence-electron chi connectivity index (χ2n) is 4.54. The standard InChI is InChI=1S/C16H18N2O/c1-3-17-16-9-8-15(11-18-16)14-6-4-13(5-7-14)10-12(2)19/h4-9,11H,3,10H2,1-2H3,(H,17,18). The molecule has 0 saturated heterocycles. The lowest BCUT2D eigenvalue weighted by atomic mass is 10.0. The lowest BCUT2D eigenvalue weighted by Gasteiger charge is -2.05. The number of rotatable bonds is 5. The number of nitrogens with zero attached hydrogens (tertiary/aromatic N) is 1. The van der Waals surface area contributed by atoms with Gasteiger partial charge in [0.05, 0.1) is 0 Å². The molecule has 0 aliphatic heterocycles. The van der Waals surface area contributed by atoms with Crippen molar-refractivity contribution >= 4 is 11.6 Å². The molecule has 0 aliphatic carbocycles. The van der Waals surface area contributed by atoms with E-state index in [4.69, 9.17) is 0 Å². The number of Topliss-reactive ketones (excluding diaryl/α,β-unsaturated/α-hetero) is 1. The summed E-state index contributed by atoms with van der Waals surface area (Å²) < 4.78 is 0. The predicted molar refractivity (Wildman–Crippen MR) is 78.2 cm³/mol. The molecule has 2 aromatic rings. The van der Waals surface area contributed by atoms with Gasteiger partial charge >= 0.3 is 0 Å². The van der Waals surface area contributed by atoms with Crippen LogP contribution in [-0.2, 0) is 11.2 Å². The van der Waals surface area contributed by atoms with Crippen LogP contribution in [0, 0.1) is 0 Å². The van der Waals surface area contributed by atoms with E-state index in [0.29, 0.717) is 6.42 Å². The van der Waals surface area contributed by atoms with E-state index in [1.54, 1.807) is 6.92 Å². The van der Waals surface area contributed by atoms with E-state index in [1.807, 2.05) is 49.5 Å². The Bertz CT molecular complexity index is 544. The Morgan fingerprint density at radius 3 is 2.32 bits per heavy atom. The summed E-state index contributed by atoms with van der Waals surface area (Å²) in [6.07, 6.45) is 2.36. The molecular formula is C16H18N2O. The first-order valence-corrected chi connectivity index (χ1v) is 6.47. The van der Waals surface area contributed by atoms with Crippen LogP contribution in [0.4, 0.5) is 5.82 Å². The highest BCUT2D eigenvalue weighted by Crippen LogP contribution is 2.20. The van der Waals surface area contributed by atoms with Crippen LogP contribution in [0.1, 0.15) is 19.4 Å². The van der Waals surface area contributed by atoms with Crippen molar-refractivity contribution < 1.29 is 4.79 Å². The number of nitrogens with one attached hydrogen (secondary N) is 1. The maximum absolute atomic E-state index is 11.1. The first-order chi connectivity index (χ1) is 9.19. The number of carbonyl (C=O) groups excluding carboxylic acids is 1. The van der Waals surface area contributed by atoms with Crippen molar-refractivity contribution in [1.29, 1.82) is 0 Å². The second kappa shape index (κ2) is 6.14. The fourth-order valence-electron chi connectivity index (χ4n) is 1.95. The molecular weight excluding hydrogens is 236 g/mol. The number of ketones is 1. The zero-order valence-corrected chi connectivity index (χ0v) is 11.3. The highest BCUT2D eigenvalue weighted by Gasteiger charge is 2.01. The lowest BCUT2D eigenvalue weighted by molar-refractivity contribution is -0.116. The van der Waals surface area contributed by atoms with Crippen molar-refractivity contribution in [1.82, 2.24) is 4.98 Å². The van der Waals surface area contributed by atoms with Crippen molar-refractivity contribution in [3.05, 3.63) is 48.2 Å². The van der Waals surface area contributed by atoms with Gasteiger partial charge in [-0.05, 0) is 37.1 Å². The predicted octanol–water partition coefficient (Wildman–Crippen LogP) is 3.31. The SMILES string of the molecule is CCNc1ccc(-c2ccc(CC(C)=O)cc2)cn1. The zero-order chi connectivity index (χ0) is 13.7. The number of benzene rings is 1. The molecule has 3 nitrogen and oxygen atoms in total. The molecule has 1 aromatic carbocycles. The number of aromatic nitrogens is 1. The molecule has 0 atom stereocenters. The van der Waals surface area contributed by atoms with Gasteiger partial charge in [0.2, 0.25) is 0 Å². The minimum absolute atomic E-state index is 0.185. The van der Waals surface area contributed by atoms with Gasteiger partial charge in [0.25, 0.3) is 0 Å². The molecule has 0 fully saturated rings. The van der Waals surface area contributed by atoms with Gasteiger partial charge in [0.1, 0.15) is 11.6 Å². The minimum atomic E-state index is 0.185. The normalized spacial score (nSPS) is 10.2. The van der Waals surface area contributed by atoms with E-state index in [1.165, 1.54) is 0 Å². The quantitative estimate of drug-likeness (QED) is 0.890. The molecule has 0 saturated carbocycles. The van der Waals surface area contributed by atoms with E-state index < -0.39 is 0 Å². The summed E-state index contributed by atoms with van der Waals surface area (Å²) in [5, 5.41) is 3.17. The Balaban J connectivity index is 2.15. The highest BCUT2D eigenvalue weighted by atomic mass is 16.1. The molecule has 1 aromatic heterocycles. The number of hydrogen-bond acceptors (Lipinski definition) is 3. The van der Waals surface area contributed by atoms with Gasteiger partial charge in [-0.2, -0.15) is 0 Å². The van der Waals surface area contributed by atoms with Gasteiger partial charge in [-0.15, -0.1) is 0 Å². The molecule has 0 radical (unpaired) electrons.